The van der Waals surface area contributed by atoms with E-state index in [-0.39, 0.29) is 5.70 Å². The molecule has 0 aromatic heterocycles. The molecule has 0 saturated heterocycles. The van der Waals surface area contributed by atoms with E-state index in [1.165, 1.54) is 9.13 Å². The minimum atomic E-state index is -0.451. The van der Waals surface area contributed by atoms with Crippen molar-refractivity contribution in [3.05, 3.63) is 104 Å². The Morgan fingerprint density at radius 1 is 1.03 bits per heavy atom. The van der Waals surface area contributed by atoms with Crippen LogP contribution in [0.5, 0.6) is 5.75 Å². The van der Waals surface area contributed by atoms with Gasteiger partial charge in [0, 0.05) is 9.13 Å². The molecule has 4 nitrogen and oxygen atoms in total. The van der Waals surface area contributed by atoms with Gasteiger partial charge in [-0.25, -0.2) is 9.79 Å². The molecule has 0 radical (unpaired) electrons. The van der Waals surface area contributed by atoms with Crippen LogP contribution in [-0.4, -0.2) is 11.9 Å². The number of halogens is 1. The highest BCUT2D eigenvalue weighted by molar-refractivity contribution is 14.1. The Bertz CT molecular complexity index is 1160. The van der Waals surface area contributed by atoms with Gasteiger partial charge in [-0.3, -0.25) is 0 Å². The van der Waals surface area contributed by atoms with Gasteiger partial charge in [0.25, 0.3) is 0 Å². The number of aliphatic imine (C=N–C) groups is 1. The lowest BCUT2D eigenvalue weighted by atomic mass is 10.0. The third-order valence-electron chi connectivity index (χ3n) is 4.90. The van der Waals surface area contributed by atoms with Crippen LogP contribution in [0, 0.1) is 3.57 Å². The minimum absolute atomic E-state index is 0.276. The van der Waals surface area contributed by atoms with Crippen molar-refractivity contribution in [1.29, 1.82) is 0 Å². The monoisotopic (exact) mass is 523 g/mol. The Hall–Kier alpha value is -2.93. The molecule has 0 amide bonds. The summed E-state index contributed by atoms with van der Waals surface area (Å²) >= 11 is 2.28. The number of hydrogen-bond acceptors (Lipinski definition) is 4. The van der Waals surface area contributed by atoms with Crippen LogP contribution in [0.15, 0.2) is 83.5 Å². The SMILES string of the molecule is CC(C)c1ccc(C2=N/C(=C\c3cccc(OCc4cccc(I)c4)c3)C(=O)O2)cc1. The zero-order chi connectivity index (χ0) is 21.8. The molecular formula is C26H22INO3. The van der Waals surface area contributed by atoms with E-state index < -0.39 is 5.97 Å². The average Bonchev–Trinajstić information content (AvgIpc) is 3.13. The fraction of sp³-hybridized carbons (Fsp3) is 0.154. The molecule has 1 aliphatic rings. The van der Waals surface area contributed by atoms with Crippen molar-refractivity contribution in [2.24, 2.45) is 4.99 Å². The van der Waals surface area contributed by atoms with Crippen LogP contribution in [0.1, 0.15) is 42.0 Å². The predicted molar refractivity (Wildman–Crippen MR) is 131 cm³/mol. The van der Waals surface area contributed by atoms with Crippen molar-refractivity contribution in [3.8, 4) is 5.75 Å². The normalized spacial score (nSPS) is 14.6. The van der Waals surface area contributed by atoms with Crippen LogP contribution in [0.25, 0.3) is 6.08 Å². The lowest BCUT2D eigenvalue weighted by Crippen LogP contribution is -2.05. The van der Waals surface area contributed by atoms with E-state index in [4.69, 9.17) is 9.47 Å². The summed E-state index contributed by atoms with van der Waals surface area (Å²) in [6, 6.07) is 23.7. The molecule has 0 fully saturated rings. The second-order valence-corrected chi connectivity index (χ2v) is 8.85. The molecule has 4 rings (SSSR count). The molecular weight excluding hydrogens is 501 g/mol. The standard InChI is InChI=1S/C26H22INO3/c1-17(2)20-9-11-21(12-10-20)25-28-24(26(29)31-25)15-18-5-4-8-23(14-18)30-16-19-6-3-7-22(27)13-19/h3-15,17H,16H2,1-2H3/b24-15-. The number of hydrogen-bond donors (Lipinski definition) is 0. The highest BCUT2D eigenvalue weighted by Crippen LogP contribution is 2.23. The number of nitrogens with zero attached hydrogens (tertiary/aromatic N) is 1. The molecule has 0 atom stereocenters. The summed E-state index contributed by atoms with van der Waals surface area (Å²) < 4.78 is 12.5. The first kappa shape index (κ1) is 21.3. The minimum Gasteiger partial charge on any atom is -0.489 e. The topological polar surface area (TPSA) is 47.9 Å². The Balaban J connectivity index is 1.50. The van der Waals surface area contributed by atoms with E-state index in [1.54, 1.807) is 6.08 Å². The van der Waals surface area contributed by atoms with Crippen LogP contribution in [0.4, 0.5) is 0 Å². The van der Waals surface area contributed by atoms with Crippen LogP contribution in [0.3, 0.4) is 0 Å². The van der Waals surface area contributed by atoms with Gasteiger partial charge in [0.1, 0.15) is 12.4 Å². The average molecular weight is 523 g/mol. The number of cyclic esters (lactones) is 1. The van der Waals surface area contributed by atoms with E-state index in [1.807, 2.05) is 66.7 Å². The molecule has 0 N–H and O–H groups in total. The van der Waals surface area contributed by atoms with Gasteiger partial charge >= 0.3 is 5.97 Å². The van der Waals surface area contributed by atoms with Crippen molar-refractivity contribution in [1.82, 2.24) is 0 Å². The summed E-state index contributed by atoms with van der Waals surface area (Å²) in [4.78, 5) is 16.7. The molecule has 3 aromatic rings. The van der Waals surface area contributed by atoms with Crippen molar-refractivity contribution < 1.29 is 14.3 Å². The molecule has 0 aliphatic carbocycles. The second-order valence-electron chi connectivity index (χ2n) is 7.60. The quantitative estimate of drug-likeness (QED) is 0.215. The van der Waals surface area contributed by atoms with Gasteiger partial charge < -0.3 is 9.47 Å². The highest BCUT2D eigenvalue weighted by Gasteiger charge is 2.24. The summed E-state index contributed by atoms with van der Waals surface area (Å²) in [5.74, 6) is 1.05. The smallest absolute Gasteiger partial charge is 0.363 e. The van der Waals surface area contributed by atoms with Gasteiger partial charge in [-0.2, -0.15) is 0 Å². The number of rotatable bonds is 6. The van der Waals surface area contributed by atoms with Gasteiger partial charge in [-0.15, -0.1) is 0 Å². The van der Waals surface area contributed by atoms with Crippen LogP contribution < -0.4 is 4.74 Å². The fourth-order valence-electron chi connectivity index (χ4n) is 3.19. The van der Waals surface area contributed by atoms with Gasteiger partial charge in [0.15, 0.2) is 5.70 Å². The van der Waals surface area contributed by atoms with Crippen LogP contribution >= 0.6 is 22.6 Å². The van der Waals surface area contributed by atoms with Crippen molar-refractivity contribution in [3.63, 3.8) is 0 Å². The maximum Gasteiger partial charge on any atom is 0.363 e. The summed E-state index contributed by atoms with van der Waals surface area (Å²) in [6.07, 6.45) is 1.72. The van der Waals surface area contributed by atoms with E-state index >= 15 is 0 Å². The Morgan fingerprint density at radius 2 is 1.81 bits per heavy atom. The molecule has 3 aromatic carbocycles. The maximum atomic E-state index is 12.3. The third kappa shape index (κ3) is 5.41. The number of carbonyl (C=O) groups excluding carboxylic acids is 1. The van der Waals surface area contributed by atoms with Crippen LogP contribution in [-0.2, 0) is 16.1 Å². The Kier molecular flexibility index (Phi) is 6.51. The molecule has 5 heteroatoms. The first-order valence-corrected chi connectivity index (χ1v) is 11.2. The molecule has 1 aliphatic heterocycles. The van der Waals surface area contributed by atoms with Gasteiger partial charge in [-0.05, 0) is 87.7 Å². The molecule has 1 heterocycles. The number of benzene rings is 3. The van der Waals surface area contributed by atoms with Crippen molar-refractivity contribution in [2.45, 2.75) is 26.4 Å². The number of carbonyl (C=O) groups is 1. The zero-order valence-corrected chi connectivity index (χ0v) is 19.5. The summed E-state index contributed by atoms with van der Waals surface area (Å²) in [5, 5.41) is 0. The molecule has 156 valence electrons. The van der Waals surface area contributed by atoms with E-state index in [0.29, 0.717) is 18.4 Å². The number of esters is 1. The molecule has 0 spiro atoms. The maximum absolute atomic E-state index is 12.3. The Labute approximate surface area is 195 Å². The first-order valence-electron chi connectivity index (χ1n) is 10.1. The summed E-state index contributed by atoms with van der Waals surface area (Å²) in [5.41, 5.74) is 4.22. The van der Waals surface area contributed by atoms with Gasteiger partial charge in [0.05, 0.1) is 0 Å². The summed E-state index contributed by atoms with van der Waals surface area (Å²) in [6.45, 7) is 4.76. The van der Waals surface area contributed by atoms with E-state index in [0.717, 1.165) is 22.4 Å². The van der Waals surface area contributed by atoms with E-state index in [2.05, 4.69) is 47.5 Å². The van der Waals surface area contributed by atoms with E-state index in [9.17, 15) is 4.79 Å². The van der Waals surface area contributed by atoms with Crippen molar-refractivity contribution >= 4 is 40.5 Å². The van der Waals surface area contributed by atoms with Gasteiger partial charge in [0.2, 0.25) is 5.90 Å². The predicted octanol–water partition coefficient (Wildman–Crippen LogP) is 6.34. The fourth-order valence-corrected chi connectivity index (χ4v) is 3.80. The zero-order valence-electron chi connectivity index (χ0n) is 17.3. The third-order valence-corrected chi connectivity index (χ3v) is 5.57. The second kappa shape index (κ2) is 9.47. The molecule has 0 bridgehead atoms. The number of ether oxygens (including phenoxy) is 2. The lowest BCUT2D eigenvalue weighted by Gasteiger charge is -2.07. The lowest BCUT2D eigenvalue weighted by molar-refractivity contribution is -0.129. The van der Waals surface area contributed by atoms with Gasteiger partial charge in [-0.1, -0.05) is 50.2 Å². The van der Waals surface area contributed by atoms with Crippen LogP contribution in [0.2, 0.25) is 0 Å². The molecule has 31 heavy (non-hydrogen) atoms. The van der Waals surface area contributed by atoms with Crippen molar-refractivity contribution in [2.75, 3.05) is 0 Å². The Morgan fingerprint density at radius 3 is 2.55 bits per heavy atom. The molecule has 0 saturated carbocycles. The first-order chi connectivity index (χ1) is 15.0. The summed E-state index contributed by atoms with van der Waals surface area (Å²) in [7, 11) is 0. The molecule has 0 unspecified atom stereocenters. The highest BCUT2D eigenvalue weighted by atomic mass is 127. The largest absolute Gasteiger partial charge is 0.489 e.